The molecule has 2 nitrogen and oxygen atoms in total. The number of aromatic nitrogens is 1. The number of rotatable bonds is 2. The van der Waals surface area contributed by atoms with Crippen molar-refractivity contribution in [3.63, 3.8) is 0 Å². The maximum Gasteiger partial charge on any atom is 0.177 e. The SMILES string of the molecule is CC(Br)C(=O)c1ccc(Br)nc1. The van der Waals surface area contributed by atoms with Gasteiger partial charge < -0.3 is 0 Å². The Balaban J connectivity index is 2.90. The van der Waals surface area contributed by atoms with Crippen LogP contribution in [0.1, 0.15) is 17.3 Å². The molecule has 0 fully saturated rings. The van der Waals surface area contributed by atoms with Gasteiger partial charge in [-0.05, 0) is 35.0 Å². The van der Waals surface area contributed by atoms with Gasteiger partial charge in [-0.25, -0.2) is 4.98 Å². The topological polar surface area (TPSA) is 30.0 Å². The molecule has 0 saturated heterocycles. The van der Waals surface area contributed by atoms with Gasteiger partial charge in [0.2, 0.25) is 0 Å². The van der Waals surface area contributed by atoms with E-state index in [1.54, 1.807) is 25.3 Å². The normalized spacial score (nSPS) is 12.6. The Morgan fingerprint density at radius 2 is 2.25 bits per heavy atom. The minimum atomic E-state index is -0.152. The molecule has 0 aliphatic heterocycles. The molecule has 0 aliphatic carbocycles. The van der Waals surface area contributed by atoms with Gasteiger partial charge in [-0.1, -0.05) is 15.9 Å². The molecule has 0 aliphatic rings. The van der Waals surface area contributed by atoms with Crippen LogP contribution in [0.5, 0.6) is 0 Å². The Hall–Kier alpha value is -0.220. The van der Waals surface area contributed by atoms with Gasteiger partial charge in [0.05, 0.1) is 4.83 Å². The monoisotopic (exact) mass is 291 g/mol. The minimum Gasteiger partial charge on any atom is -0.293 e. The zero-order valence-corrected chi connectivity index (χ0v) is 9.59. The van der Waals surface area contributed by atoms with Crippen molar-refractivity contribution in [1.82, 2.24) is 4.98 Å². The van der Waals surface area contributed by atoms with Gasteiger partial charge in [0, 0.05) is 11.8 Å². The lowest BCUT2D eigenvalue weighted by Crippen LogP contribution is -2.09. The first-order chi connectivity index (χ1) is 5.61. The molecular formula is C8H7Br2NO. The Bertz CT molecular complexity index is 282. The molecule has 1 atom stereocenters. The molecule has 0 radical (unpaired) electrons. The second-order valence-electron chi connectivity index (χ2n) is 2.35. The van der Waals surface area contributed by atoms with Gasteiger partial charge >= 0.3 is 0 Å². The highest BCUT2D eigenvalue weighted by Gasteiger charge is 2.11. The molecule has 12 heavy (non-hydrogen) atoms. The summed E-state index contributed by atoms with van der Waals surface area (Å²) in [6, 6.07) is 3.50. The average molecular weight is 293 g/mol. The van der Waals surface area contributed by atoms with E-state index in [1.165, 1.54) is 0 Å². The predicted molar refractivity (Wildman–Crippen MR) is 54.7 cm³/mol. The molecule has 0 saturated carbocycles. The number of carbonyl (C=O) groups excluding carboxylic acids is 1. The summed E-state index contributed by atoms with van der Waals surface area (Å²) < 4.78 is 0.737. The molecule has 1 aromatic heterocycles. The second-order valence-corrected chi connectivity index (χ2v) is 4.54. The third kappa shape index (κ3) is 2.38. The lowest BCUT2D eigenvalue weighted by molar-refractivity contribution is 0.0995. The quantitative estimate of drug-likeness (QED) is 0.477. The zero-order chi connectivity index (χ0) is 9.14. The summed E-state index contributed by atoms with van der Waals surface area (Å²) in [7, 11) is 0. The number of halogens is 2. The number of pyridine rings is 1. The fourth-order valence-electron chi connectivity index (χ4n) is 0.751. The fourth-order valence-corrected chi connectivity index (χ4v) is 1.25. The van der Waals surface area contributed by atoms with Crippen LogP contribution in [-0.2, 0) is 0 Å². The molecule has 1 rings (SSSR count). The van der Waals surface area contributed by atoms with Crippen LogP contribution >= 0.6 is 31.9 Å². The largest absolute Gasteiger partial charge is 0.293 e. The van der Waals surface area contributed by atoms with E-state index in [0.717, 1.165) is 4.60 Å². The van der Waals surface area contributed by atoms with E-state index in [2.05, 4.69) is 36.8 Å². The number of nitrogens with zero attached hydrogens (tertiary/aromatic N) is 1. The summed E-state index contributed by atoms with van der Waals surface area (Å²) in [6.45, 7) is 1.80. The summed E-state index contributed by atoms with van der Waals surface area (Å²) in [5.41, 5.74) is 0.627. The van der Waals surface area contributed by atoms with Gasteiger partial charge in [0.15, 0.2) is 5.78 Å². The van der Waals surface area contributed by atoms with Crippen LogP contribution in [0.3, 0.4) is 0 Å². The molecule has 0 aromatic carbocycles. The van der Waals surface area contributed by atoms with Gasteiger partial charge in [-0.3, -0.25) is 4.79 Å². The smallest absolute Gasteiger partial charge is 0.177 e. The minimum absolute atomic E-state index is 0.0509. The summed E-state index contributed by atoms with van der Waals surface area (Å²) in [6.07, 6.45) is 1.56. The van der Waals surface area contributed by atoms with Crippen LogP contribution < -0.4 is 0 Å². The van der Waals surface area contributed by atoms with Crippen molar-refractivity contribution in [2.45, 2.75) is 11.8 Å². The summed E-state index contributed by atoms with van der Waals surface area (Å²) in [5, 5.41) is 0. The molecule has 0 N–H and O–H groups in total. The van der Waals surface area contributed by atoms with E-state index >= 15 is 0 Å². The number of hydrogen-bond acceptors (Lipinski definition) is 2. The maximum atomic E-state index is 11.4. The summed E-state index contributed by atoms with van der Waals surface area (Å²) >= 11 is 6.40. The first-order valence-corrected chi connectivity index (χ1v) is 5.12. The summed E-state index contributed by atoms with van der Waals surface area (Å²) in [5.74, 6) is 0.0509. The Kier molecular flexibility index (Phi) is 3.40. The van der Waals surface area contributed by atoms with E-state index in [1.807, 2.05) is 0 Å². The number of ketones is 1. The van der Waals surface area contributed by atoms with Gasteiger partial charge in [-0.15, -0.1) is 0 Å². The number of alkyl halides is 1. The zero-order valence-electron chi connectivity index (χ0n) is 6.42. The van der Waals surface area contributed by atoms with Crippen molar-refractivity contribution in [1.29, 1.82) is 0 Å². The van der Waals surface area contributed by atoms with Crippen molar-refractivity contribution in [3.8, 4) is 0 Å². The molecule has 1 unspecified atom stereocenters. The van der Waals surface area contributed by atoms with Crippen LogP contribution in [0.15, 0.2) is 22.9 Å². The first kappa shape index (κ1) is 9.86. The highest BCUT2D eigenvalue weighted by Crippen LogP contribution is 2.11. The van der Waals surface area contributed by atoms with Crippen molar-refractivity contribution in [2.75, 3.05) is 0 Å². The molecule has 4 heteroatoms. The number of Topliss-reactive ketones (excluding diaryl/α,β-unsaturated/α-hetero) is 1. The molecule has 0 amide bonds. The second kappa shape index (κ2) is 4.14. The highest BCUT2D eigenvalue weighted by atomic mass is 79.9. The van der Waals surface area contributed by atoms with E-state index in [4.69, 9.17) is 0 Å². The molecule has 1 aromatic rings. The Morgan fingerprint density at radius 3 is 2.67 bits per heavy atom. The fraction of sp³-hybridized carbons (Fsp3) is 0.250. The third-order valence-electron chi connectivity index (χ3n) is 1.37. The molecular weight excluding hydrogens is 286 g/mol. The van der Waals surface area contributed by atoms with Crippen molar-refractivity contribution in [3.05, 3.63) is 28.5 Å². The Labute approximate surface area is 87.6 Å². The van der Waals surface area contributed by atoms with Crippen LogP contribution in [0.2, 0.25) is 0 Å². The number of hydrogen-bond donors (Lipinski definition) is 0. The van der Waals surface area contributed by atoms with Crippen LogP contribution in [0, 0.1) is 0 Å². The first-order valence-electron chi connectivity index (χ1n) is 3.41. The van der Waals surface area contributed by atoms with E-state index < -0.39 is 0 Å². The van der Waals surface area contributed by atoms with Gasteiger partial charge in [-0.2, -0.15) is 0 Å². The standard InChI is InChI=1S/C8H7Br2NO/c1-5(9)8(12)6-2-3-7(10)11-4-6/h2-5H,1H3. The number of carbonyl (C=O) groups is 1. The summed E-state index contributed by atoms with van der Waals surface area (Å²) in [4.78, 5) is 15.2. The highest BCUT2D eigenvalue weighted by molar-refractivity contribution is 9.10. The molecule has 64 valence electrons. The van der Waals surface area contributed by atoms with E-state index in [0.29, 0.717) is 5.56 Å². The van der Waals surface area contributed by atoms with Crippen LogP contribution in [-0.4, -0.2) is 15.6 Å². The molecule has 0 spiro atoms. The lowest BCUT2D eigenvalue weighted by Gasteiger charge is -2.01. The maximum absolute atomic E-state index is 11.4. The molecule has 1 heterocycles. The third-order valence-corrected chi connectivity index (χ3v) is 2.26. The Morgan fingerprint density at radius 1 is 1.58 bits per heavy atom. The van der Waals surface area contributed by atoms with Crippen LogP contribution in [0.4, 0.5) is 0 Å². The van der Waals surface area contributed by atoms with Gasteiger partial charge in [0.1, 0.15) is 4.60 Å². The van der Waals surface area contributed by atoms with Crippen LogP contribution in [0.25, 0.3) is 0 Å². The van der Waals surface area contributed by atoms with Crippen molar-refractivity contribution in [2.24, 2.45) is 0 Å². The molecule has 0 bridgehead atoms. The van der Waals surface area contributed by atoms with Crippen molar-refractivity contribution < 1.29 is 4.79 Å². The average Bonchev–Trinajstić information content (AvgIpc) is 2.04. The predicted octanol–water partition coefficient (Wildman–Crippen LogP) is 2.81. The van der Waals surface area contributed by atoms with E-state index in [-0.39, 0.29) is 10.6 Å². The van der Waals surface area contributed by atoms with Gasteiger partial charge in [0.25, 0.3) is 0 Å². The van der Waals surface area contributed by atoms with Crippen molar-refractivity contribution >= 4 is 37.6 Å². The van der Waals surface area contributed by atoms with E-state index in [9.17, 15) is 4.79 Å². The lowest BCUT2D eigenvalue weighted by atomic mass is 10.1.